The van der Waals surface area contributed by atoms with Crippen molar-refractivity contribution in [3.63, 3.8) is 0 Å². The predicted molar refractivity (Wildman–Crippen MR) is 232 cm³/mol. The van der Waals surface area contributed by atoms with E-state index in [9.17, 15) is 0 Å². The van der Waals surface area contributed by atoms with Crippen LogP contribution in [0.25, 0.3) is 52.1 Å². The first kappa shape index (κ1) is 39.2. The minimum absolute atomic E-state index is 0.0259. The fourth-order valence-corrected chi connectivity index (χ4v) is 10.9. The van der Waals surface area contributed by atoms with Crippen molar-refractivity contribution in [2.24, 2.45) is 11.8 Å². The first-order chi connectivity index (χ1) is 24.9. The molecule has 0 saturated carbocycles. The average Bonchev–Trinajstić information content (AvgIpc) is 3.93. The molecule has 0 aliphatic rings. The van der Waals surface area contributed by atoms with Gasteiger partial charge >= 0.3 is 0 Å². The Bertz CT molecular complexity index is 2030. The first-order valence-electron chi connectivity index (χ1n) is 19.5. The minimum atomic E-state index is 0.0259. The Morgan fingerprint density at radius 2 is 1.12 bits per heavy atom. The Morgan fingerprint density at radius 3 is 1.62 bits per heavy atom. The molecule has 6 aromatic rings. The summed E-state index contributed by atoms with van der Waals surface area (Å²) in [6, 6.07) is 13.8. The van der Waals surface area contributed by atoms with Gasteiger partial charge in [0, 0.05) is 41.4 Å². The second-order valence-corrected chi connectivity index (χ2v) is 20.3. The summed E-state index contributed by atoms with van der Waals surface area (Å²) in [5.41, 5.74) is 4.37. The molecule has 2 aromatic carbocycles. The summed E-state index contributed by atoms with van der Waals surface area (Å²) in [7, 11) is 0. The zero-order chi connectivity index (χ0) is 37.2. The van der Waals surface area contributed by atoms with Gasteiger partial charge in [0.2, 0.25) is 0 Å². The van der Waals surface area contributed by atoms with Crippen LogP contribution in [0.4, 0.5) is 0 Å². The summed E-state index contributed by atoms with van der Waals surface area (Å²) in [5, 5.41) is 2.35. The van der Waals surface area contributed by atoms with Gasteiger partial charge in [-0.2, -0.15) is 8.75 Å². The smallest absolute Gasteiger partial charge is 0.146 e. The Labute approximate surface area is 328 Å². The third-order valence-electron chi connectivity index (χ3n) is 10.4. The average molecular weight is 775 g/mol. The van der Waals surface area contributed by atoms with E-state index >= 15 is 0 Å². The number of hydrogen-bond acceptors (Lipinski definition) is 8. The van der Waals surface area contributed by atoms with Crippen LogP contribution in [0.3, 0.4) is 0 Å². The molecule has 0 N–H and O–H groups in total. The maximum atomic E-state index is 7.03. The van der Waals surface area contributed by atoms with Gasteiger partial charge in [-0.25, -0.2) is 0 Å². The highest BCUT2D eigenvalue weighted by Gasteiger charge is 2.27. The molecule has 0 aliphatic heterocycles. The summed E-state index contributed by atoms with van der Waals surface area (Å²) in [6.45, 7) is 24.4. The molecule has 2 unspecified atom stereocenters. The first-order valence-corrected chi connectivity index (χ1v) is 22.7. The fourth-order valence-electron chi connectivity index (χ4n) is 6.84. The standard InChI is InChI=1S/C44H58N2O2S4/c1-11-15-17-27(13-3)25-47-39-31-23-34(30-20-19-29(37-38(30)46-52-45-37)33-21-22-35(49-33)43(5,6)7)50-41(31)40(48-26-28(14-4)18-16-12-2)32-24-36(44(8,9)10)51-42(32)39/h19-24,27-28H,11-18,25-26H2,1-10H3. The molecule has 6 rings (SSSR count). The molecule has 8 heteroatoms. The summed E-state index contributed by atoms with van der Waals surface area (Å²) < 4.78 is 26.2. The van der Waals surface area contributed by atoms with Gasteiger partial charge in [0.15, 0.2) is 0 Å². The van der Waals surface area contributed by atoms with Crippen molar-refractivity contribution in [3.8, 4) is 32.4 Å². The van der Waals surface area contributed by atoms with Crippen LogP contribution in [0.2, 0.25) is 0 Å². The van der Waals surface area contributed by atoms with E-state index < -0.39 is 0 Å². The SMILES string of the molecule is CCCCC(CC)COc1c2cc(C(C)(C)C)sc2c(OCC(CC)CCCC)c2cc(-c3ccc(-c4ccc(C(C)(C)C)s4)c4nsnc34)sc12. The number of hydrogen-bond donors (Lipinski definition) is 0. The molecule has 52 heavy (non-hydrogen) atoms. The number of unbranched alkanes of at least 4 members (excludes halogenated alkanes) is 2. The number of nitrogens with zero attached hydrogens (tertiary/aromatic N) is 2. The number of aromatic nitrogens is 2. The van der Waals surface area contributed by atoms with Crippen molar-refractivity contribution in [3.05, 3.63) is 46.2 Å². The molecular weight excluding hydrogens is 717 g/mol. The molecule has 4 nitrogen and oxygen atoms in total. The molecule has 0 fully saturated rings. The molecule has 0 bridgehead atoms. The quantitative estimate of drug-likeness (QED) is 0.0982. The zero-order valence-electron chi connectivity index (χ0n) is 33.0. The normalized spacial score (nSPS) is 13.8. The van der Waals surface area contributed by atoms with Crippen molar-refractivity contribution < 1.29 is 9.47 Å². The van der Waals surface area contributed by atoms with Crippen LogP contribution in [0.5, 0.6) is 11.5 Å². The second-order valence-electron chi connectivity index (χ2n) is 16.6. The lowest BCUT2D eigenvalue weighted by atomic mass is 9.94. The van der Waals surface area contributed by atoms with Crippen molar-refractivity contribution in [2.75, 3.05) is 13.2 Å². The Balaban J connectivity index is 1.52. The lowest BCUT2D eigenvalue weighted by Crippen LogP contribution is -2.12. The molecular formula is C44H58N2O2S4. The number of benzene rings is 2. The Kier molecular flexibility index (Phi) is 12.4. The maximum absolute atomic E-state index is 7.03. The van der Waals surface area contributed by atoms with E-state index in [4.69, 9.17) is 18.2 Å². The molecule has 0 saturated heterocycles. The molecule has 0 radical (unpaired) electrons. The van der Waals surface area contributed by atoms with Crippen molar-refractivity contribution in [2.45, 2.75) is 131 Å². The van der Waals surface area contributed by atoms with Crippen LogP contribution >= 0.6 is 45.7 Å². The van der Waals surface area contributed by atoms with Gasteiger partial charge in [-0.15, -0.1) is 34.0 Å². The number of fused-ring (bicyclic) bond motifs is 3. The Morgan fingerprint density at radius 1 is 0.596 bits per heavy atom. The number of thiophene rings is 3. The van der Waals surface area contributed by atoms with Crippen molar-refractivity contribution in [1.82, 2.24) is 8.75 Å². The van der Waals surface area contributed by atoms with E-state index in [1.54, 1.807) is 0 Å². The molecule has 0 spiro atoms. The highest BCUT2D eigenvalue weighted by atomic mass is 32.1. The highest BCUT2D eigenvalue weighted by molar-refractivity contribution is 7.23. The minimum Gasteiger partial charge on any atom is -0.491 e. The molecule has 280 valence electrons. The molecule has 4 aromatic heterocycles. The van der Waals surface area contributed by atoms with Gasteiger partial charge in [0.1, 0.15) is 22.5 Å². The summed E-state index contributed by atoms with van der Waals surface area (Å²) in [5.74, 6) is 3.11. The van der Waals surface area contributed by atoms with Gasteiger partial charge < -0.3 is 9.47 Å². The van der Waals surface area contributed by atoms with E-state index in [-0.39, 0.29) is 10.8 Å². The van der Waals surface area contributed by atoms with Crippen LogP contribution < -0.4 is 9.47 Å². The van der Waals surface area contributed by atoms with Crippen molar-refractivity contribution >= 4 is 76.9 Å². The zero-order valence-corrected chi connectivity index (χ0v) is 36.3. The third-order valence-corrected chi connectivity index (χ3v) is 15.2. The van der Waals surface area contributed by atoms with Crippen LogP contribution in [0.1, 0.15) is 130 Å². The van der Waals surface area contributed by atoms with Gasteiger partial charge in [-0.1, -0.05) is 120 Å². The predicted octanol–water partition coefficient (Wildman–Crippen LogP) is 15.3. The van der Waals surface area contributed by atoms with Gasteiger partial charge in [-0.3, -0.25) is 0 Å². The van der Waals surface area contributed by atoms with E-state index in [1.807, 2.05) is 34.0 Å². The van der Waals surface area contributed by atoms with Crippen LogP contribution in [0.15, 0.2) is 36.4 Å². The van der Waals surface area contributed by atoms with Crippen LogP contribution in [-0.2, 0) is 10.8 Å². The molecule has 4 heterocycles. The molecule has 2 atom stereocenters. The lowest BCUT2D eigenvalue weighted by Gasteiger charge is -2.19. The topological polar surface area (TPSA) is 44.2 Å². The second kappa shape index (κ2) is 16.5. The van der Waals surface area contributed by atoms with Gasteiger partial charge in [0.25, 0.3) is 0 Å². The largest absolute Gasteiger partial charge is 0.491 e. The van der Waals surface area contributed by atoms with E-state index in [1.165, 1.54) is 84.5 Å². The van der Waals surface area contributed by atoms with E-state index in [0.29, 0.717) is 11.8 Å². The summed E-state index contributed by atoms with van der Waals surface area (Å²) in [4.78, 5) is 5.16. The number of ether oxygens (including phenoxy) is 2. The summed E-state index contributed by atoms with van der Waals surface area (Å²) in [6.07, 6.45) is 9.55. The third kappa shape index (κ3) is 8.25. The molecule has 0 amide bonds. The monoisotopic (exact) mass is 774 g/mol. The Hall–Kier alpha value is -2.52. The van der Waals surface area contributed by atoms with Gasteiger partial charge in [0.05, 0.1) is 34.3 Å². The lowest BCUT2D eigenvalue weighted by molar-refractivity contribution is 0.235. The highest BCUT2D eigenvalue weighted by Crippen LogP contribution is 2.53. The van der Waals surface area contributed by atoms with Crippen molar-refractivity contribution in [1.29, 1.82) is 0 Å². The number of rotatable bonds is 16. The van der Waals surface area contributed by atoms with Crippen LogP contribution in [0, 0.1) is 11.8 Å². The van der Waals surface area contributed by atoms with E-state index in [2.05, 4.69) is 106 Å². The molecule has 0 aliphatic carbocycles. The van der Waals surface area contributed by atoms with Gasteiger partial charge in [-0.05, 0) is 59.8 Å². The van der Waals surface area contributed by atoms with Crippen LogP contribution in [-0.4, -0.2) is 22.0 Å². The fraction of sp³-hybridized carbons (Fsp3) is 0.545. The maximum Gasteiger partial charge on any atom is 0.146 e. The van der Waals surface area contributed by atoms with E-state index in [0.717, 1.165) is 65.1 Å². The summed E-state index contributed by atoms with van der Waals surface area (Å²) >= 11 is 6.87.